The monoisotopic (exact) mass is 501 g/mol. The average Bonchev–Trinajstić information content (AvgIpc) is 2.59. The predicted molar refractivity (Wildman–Crippen MR) is 119 cm³/mol. The van der Waals surface area contributed by atoms with E-state index < -0.39 is 10.0 Å². The number of sulfonamides is 1. The van der Waals surface area contributed by atoms with Crippen LogP contribution in [0.15, 0.2) is 4.99 Å². The van der Waals surface area contributed by atoms with Gasteiger partial charge in [-0.3, -0.25) is 4.99 Å². The maximum atomic E-state index is 11.1. The minimum absolute atomic E-state index is 0. The number of halogens is 1. The van der Waals surface area contributed by atoms with E-state index in [0.717, 1.165) is 44.5 Å². The first-order valence-corrected chi connectivity index (χ1v) is 11.6. The number of hydrogen-bond donors (Lipinski definition) is 3. The summed E-state index contributed by atoms with van der Waals surface area (Å²) >= 11 is 0. The summed E-state index contributed by atoms with van der Waals surface area (Å²) < 4.78 is 24.6. The third-order valence-electron chi connectivity index (χ3n) is 5.05. The highest BCUT2D eigenvalue weighted by molar-refractivity contribution is 14.0. The Morgan fingerprint density at radius 3 is 2.35 bits per heavy atom. The molecule has 0 aromatic carbocycles. The van der Waals surface area contributed by atoms with Crippen LogP contribution in [0.25, 0.3) is 0 Å². The van der Waals surface area contributed by atoms with Gasteiger partial charge in [-0.1, -0.05) is 19.3 Å². The van der Waals surface area contributed by atoms with Gasteiger partial charge in [-0.05, 0) is 32.6 Å². The van der Waals surface area contributed by atoms with Crippen molar-refractivity contribution in [3.05, 3.63) is 0 Å². The summed E-state index contributed by atoms with van der Waals surface area (Å²) in [6.07, 6.45) is 10.4. The Hall–Kier alpha value is -0.130. The Labute approximate surface area is 176 Å². The van der Waals surface area contributed by atoms with Crippen molar-refractivity contribution >= 4 is 40.0 Å². The van der Waals surface area contributed by atoms with Gasteiger partial charge in [0.25, 0.3) is 0 Å². The van der Waals surface area contributed by atoms with Gasteiger partial charge in [0.15, 0.2) is 5.96 Å². The summed E-state index contributed by atoms with van der Waals surface area (Å²) in [7, 11) is -3.14. The Balaban J connectivity index is 0.00000338. The summed E-state index contributed by atoms with van der Waals surface area (Å²) in [6.45, 7) is 5.93. The van der Waals surface area contributed by atoms with E-state index in [1.54, 1.807) is 0 Å². The molecule has 2 aliphatic rings. The van der Waals surface area contributed by atoms with Gasteiger partial charge in [0.1, 0.15) is 0 Å². The van der Waals surface area contributed by atoms with Crippen LogP contribution in [-0.2, 0) is 10.0 Å². The van der Waals surface area contributed by atoms with Gasteiger partial charge in [-0.15, -0.1) is 24.0 Å². The van der Waals surface area contributed by atoms with Crippen molar-refractivity contribution < 1.29 is 8.42 Å². The smallest absolute Gasteiger partial charge is 0.208 e. The molecule has 9 heteroatoms. The predicted octanol–water partition coefficient (Wildman–Crippen LogP) is 1.51. The highest BCUT2D eigenvalue weighted by atomic mass is 127. The molecule has 2 fully saturated rings. The van der Waals surface area contributed by atoms with Crippen LogP contribution >= 0.6 is 24.0 Å². The van der Waals surface area contributed by atoms with Gasteiger partial charge in [0.2, 0.25) is 10.0 Å². The van der Waals surface area contributed by atoms with Crippen LogP contribution in [0.1, 0.15) is 51.9 Å². The normalized spacial score (nSPS) is 21.2. The Morgan fingerprint density at radius 1 is 1.12 bits per heavy atom. The van der Waals surface area contributed by atoms with E-state index in [4.69, 9.17) is 0 Å². The van der Waals surface area contributed by atoms with E-state index in [9.17, 15) is 8.42 Å². The molecule has 26 heavy (non-hydrogen) atoms. The summed E-state index contributed by atoms with van der Waals surface area (Å²) in [5, 5.41) is 6.76. The quantitative estimate of drug-likeness (QED) is 0.213. The fourth-order valence-corrected chi connectivity index (χ4v) is 4.23. The average molecular weight is 501 g/mol. The molecule has 1 saturated carbocycles. The maximum Gasteiger partial charge on any atom is 0.208 e. The number of aliphatic imine (C=N–C) groups is 1. The van der Waals surface area contributed by atoms with Crippen molar-refractivity contribution in [1.29, 1.82) is 0 Å². The van der Waals surface area contributed by atoms with Crippen molar-refractivity contribution in [3.63, 3.8) is 0 Å². The lowest BCUT2D eigenvalue weighted by molar-refractivity contribution is 0.119. The van der Waals surface area contributed by atoms with Crippen LogP contribution in [0, 0.1) is 0 Å². The molecule has 0 aromatic heterocycles. The molecule has 1 heterocycles. The molecule has 0 aromatic rings. The third-order valence-corrected chi connectivity index (χ3v) is 5.78. The standard InChI is InChI=1S/C17H35N5O2S.HI/c1-3-18-17(19-11-12-20-25(2,23)24)21-15-9-13-22(14-10-15)16-7-5-4-6-8-16;/h15-16,20H,3-14H2,1-2H3,(H2,18,19,21);1H. The molecule has 0 bridgehead atoms. The van der Waals surface area contributed by atoms with Crippen LogP contribution in [0.3, 0.4) is 0 Å². The van der Waals surface area contributed by atoms with Gasteiger partial charge < -0.3 is 15.5 Å². The van der Waals surface area contributed by atoms with Crippen molar-refractivity contribution in [2.45, 2.75) is 64.0 Å². The van der Waals surface area contributed by atoms with Crippen LogP contribution in [0.4, 0.5) is 0 Å². The van der Waals surface area contributed by atoms with Gasteiger partial charge in [-0.25, -0.2) is 13.1 Å². The summed E-state index contributed by atoms with van der Waals surface area (Å²) in [5.74, 6) is 0.786. The number of piperidine rings is 1. The van der Waals surface area contributed by atoms with Crippen LogP contribution in [0.5, 0.6) is 0 Å². The highest BCUT2D eigenvalue weighted by Gasteiger charge is 2.26. The molecule has 0 radical (unpaired) electrons. The minimum atomic E-state index is -3.14. The molecule has 1 aliphatic heterocycles. The van der Waals surface area contributed by atoms with Crippen molar-refractivity contribution in [1.82, 2.24) is 20.3 Å². The SMILES string of the molecule is CCNC(=NCCNS(C)(=O)=O)NC1CCN(C2CCCCC2)CC1.I. The number of likely N-dealkylation sites (tertiary alicyclic amines) is 1. The molecule has 7 nitrogen and oxygen atoms in total. The second-order valence-electron chi connectivity index (χ2n) is 7.17. The van der Waals surface area contributed by atoms with E-state index in [2.05, 4.69) is 25.2 Å². The van der Waals surface area contributed by atoms with Crippen molar-refractivity contribution in [3.8, 4) is 0 Å². The van der Waals surface area contributed by atoms with Gasteiger partial charge in [-0.2, -0.15) is 0 Å². The lowest BCUT2D eigenvalue weighted by atomic mass is 9.92. The van der Waals surface area contributed by atoms with E-state index in [1.165, 1.54) is 38.4 Å². The first kappa shape index (κ1) is 23.9. The zero-order valence-corrected chi connectivity index (χ0v) is 19.3. The number of hydrogen-bond acceptors (Lipinski definition) is 4. The fraction of sp³-hybridized carbons (Fsp3) is 0.941. The van der Waals surface area contributed by atoms with E-state index in [1.807, 2.05) is 6.92 Å². The fourth-order valence-electron chi connectivity index (χ4n) is 3.77. The lowest BCUT2D eigenvalue weighted by Crippen LogP contribution is -2.51. The second-order valence-corrected chi connectivity index (χ2v) is 9.01. The maximum absolute atomic E-state index is 11.1. The van der Waals surface area contributed by atoms with Gasteiger partial charge in [0, 0.05) is 38.3 Å². The lowest BCUT2D eigenvalue weighted by Gasteiger charge is -2.39. The Kier molecular flexibility index (Phi) is 11.4. The minimum Gasteiger partial charge on any atom is -0.357 e. The van der Waals surface area contributed by atoms with Crippen molar-refractivity contribution in [2.75, 3.05) is 39.0 Å². The largest absolute Gasteiger partial charge is 0.357 e. The molecular formula is C17H36IN5O2S. The highest BCUT2D eigenvalue weighted by Crippen LogP contribution is 2.25. The summed E-state index contributed by atoms with van der Waals surface area (Å²) in [4.78, 5) is 7.15. The van der Waals surface area contributed by atoms with Crippen LogP contribution < -0.4 is 15.4 Å². The zero-order chi connectivity index (χ0) is 18.1. The molecule has 1 aliphatic carbocycles. The van der Waals surface area contributed by atoms with Crippen LogP contribution in [-0.4, -0.2) is 70.3 Å². The number of nitrogens with one attached hydrogen (secondary N) is 3. The van der Waals surface area contributed by atoms with Gasteiger partial charge in [0.05, 0.1) is 12.8 Å². The molecule has 0 amide bonds. The first-order valence-electron chi connectivity index (χ1n) is 9.71. The molecule has 0 spiro atoms. The molecule has 154 valence electrons. The van der Waals surface area contributed by atoms with E-state index in [-0.39, 0.29) is 24.0 Å². The first-order chi connectivity index (χ1) is 12.0. The number of rotatable bonds is 7. The van der Waals surface area contributed by atoms with Gasteiger partial charge >= 0.3 is 0 Å². The Bertz CT molecular complexity index is 515. The van der Waals surface area contributed by atoms with E-state index in [0.29, 0.717) is 19.1 Å². The molecule has 0 unspecified atom stereocenters. The molecule has 1 saturated heterocycles. The number of nitrogens with zero attached hydrogens (tertiary/aromatic N) is 2. The zero-order valence-electron chi connectivity index (χ0n) is 16.2. The summed E-state index contributed by atoms with van der Waals surface area (Å²) in [5.41, 5.74) is 0. The van der Waals surface area contributed by atoms with Crippen molar-refractivity contribution in [2.24, 2.45) is 4.99 Å². The topological polar surface area (TPSA) is 85.8 Å². The summed E-state index contributed by atoms with van der Waals surface area (Å²) in [6, 6.07) is 1.25. The Morgan fingerprint density at radius 2 is 1.77 bits per heavy atom. The molecule has 2 rings (SSSR count). The number of guanidine groups is 1. The molecule has 0 atom stereocenters. The molecule has 3 N–H and O–H groups in total. The van der Waals surface area contributed by atoms with Crippen LogP contribution in [0.2, 0.25) is 0 Å². The third kappa shape index (κ3) is 9.18. The second kappa shape index (κ2) is 12.4. The molecular weight excluding hydrogens is 465 g/mol. The van der Waals surface area contributed by atoms with E-state index >= 15 is 0 Å².